The minimum Gasteiger partial charge on any atom is -0.495 e. The second kappa shape index (κ2) is 8.30. The van der Waals surface area contributed by atoms with Crippen LogP contribution in [0.25, 0.3) is 10.2 Å². The summed E-state index contributed by atoms with van der Waals surface area (Å²) >= 11 is 4.79. The fourth-order valence-electron chi connectivity index (χ4n) is 2.74. The van der Waals surface area contributed by atoms with Crippen LogP contribution in [-0.4, -0.2) is 23.0 Å². The topological polar surface area (TPSA) is 55.3 Å². The molecule has 0 aliphatic carbocycles. The van der Waals surface area contributed by atoms with Crippen LogP contribution >= 0.6 is 34.4 Å². The Kier molecular flexibility index (Phi) is 5.61. The Bertz CT molecular complexity index is 1090. The van der Waals surface area contributed by atoms with Crippen molar-refractivity contribution in [2.45, 2.75) is 17.0 Å². The lowest BCUT2D eigenvalue weighted by Crippen LogP contribution is -2.23. The number of ether oxygens (including phenoxy) is 1. The zero-order chi connectivity index (χ0) is 19.5. The number of nitrogens with zero attached hydrogens (tertiary/aromatic N) is 3. The van der Waals surface area contributed by atoms with Crippen LogP contribution in [0.15, 0.2) is 58.3 Å². The van der Waals surface area contributed by atoms with E-state index in [0.717, 1.165) is 15.6 Å². The molecule has 4 aromatic rings. The number of amides is 1. The maximum absolute atomic E-state index is 12.3. The second-order valence-corrected chi connectivity index (χ2v) is 8.97. The average molecular weight is 428 g/mol. The lowest BCUT2D eigenvalue weighted by atomic mass is 10.2. The summed E-state index contributed by atoms with van der Waals surface area (Å²) in [6.45, 7) is 1.53. The highest BCUT2D eigenvalue weighted by Crippen LogP contribution is 2.37. The first-order chi connectivity index (χ1) is 13.7. The van der Waals surface area contributed by atoms with Crippen LogP contribution in [0, 0.1) is 0 Å². The summed E-state index contributed by atoms with van der Waals surface area (Å²) in [5.41, 5.74) is 2.63. The summed E-state index contributed by atoms with van der Waals surface area (Å²) in [5.74, 6) is 1.23. The number of thioether (sulfide) groups is 1. The quantitative estimate of drug-likeness (QED) is 0.367. The zero-order valence-electron chi connectivity index (χ0n) is 15.3. The molecule has 8 heteroatoms. The van der Waals surface area contributed by atoms with Gasteiger partial charge in [0.2, 0.25) is 5.91 Å². The number of thiazole rings is 2. The molecule has 28 heavy (non-hydrogen) atoms. The first-order valence-corrected chi connectivity index (χ1v) is 11.2. The molecule has 0 atom stereocenters. The first-order valence-electron chi connectivity index (χ1n) is 8.52. The third kappa shape index (κ3) is 3.89. The van der Waals surface area contributed by atoms with Crippen molar-refractivity contribution in [2.24, 2.45) is 0 Å². The van der Waals surface area contributed by atoms with Crippen molar-refractivity contribution < 1.29 is 9.53 Å². The van der Waals surface area contributed by atoms with Crippen LogP contribution in [0.4, 0.5) is 10.8 Å². The minimum atomic E-state index is -0.107. The Morgan fingerprint density at radius 1 is 1.14 bits per heavy atom. The summed E-state index contributed by atoms with van der Waals surface area (Å²) in [6.07, 6.45) is 0. The molecular weight excluding hydrogens is 410 g/mol. The number of rotatable bonds is 6. The molecule has 0 unspecified atom stereocenters. The third-order valence-electron chi connectivity index (χ3n) is 3.99. The lowest BCUT2D eigenvalue weighted by molar-refractivity contribution is -0.115. The van der Waals surface area contributed by atoms with Gasteiger partial charge in [0, 0.05) is 18.1 Å². The molecule has 0 spiro atoms. The van der Waals surface area contributed by atoms with Crippen LogP contribution < -0.4 is 9.64 Å². The number of anilines is 2. The van der Waals surface area contributed by atoms with Crippen LogP contribution in [0.3, 0.4) is 0 Å². The normalized spacial score (nSPS) is 10.9. The molecule has 0 aliphatic rings. The van der Waals surface area contributed by atoms with E-state index < -0.39 is 0 Å². The maximum atomic E-state index is 12.3. The number of hydrogen-bond donors (Lipinski definition) is 0. The van der Waals surface area contributed by atoms with Crippen molar-refractivity contribution in [3.05, 3.63) is 59.6 Å². The van der Waals surface area contributed by atoms with Gasteiger partial charge in [-0.25, -0.2) is 9.97 Å². The van der Waals surface area contributed by atoms with E-state index in [4.69, 9.17) is 4.74 Å². The molecule has 0 bridgehead atoms. The van der Waals surface area contributed by atoms with Gasteiger partial charge in [-0.05, 0) is 24.3 Å². The Hall–Kier alpha value is -2.42. The Morgan fingerprint density at radius 3 is 2.71 bits per heavy atom. The number of fused-ring (bicyclic) bond motifs is 1. The van der Waals surface area contributed by atoms with E-state index >= 15 is 0 Å². The van der Waals surface area contributed by atoms with Crippen molar-refractivity contribution in [1.29, 1.82) is 0 Å². The second-order valence-electron chi connectivity index (χ2n) is 5.88. The molecule has 1 amide bonds. The molecule has 0 aliphatic heterocycles. The highest BCUT2D eigenvalue weighted by atomic mass is 32.2. The SMILES string of the molecule is COc1ccccc1N(C(C)=O)c1nc(CSc2nc3ccccc3s2)cs1. The van der Waals surface area contributed by atoms with E-state index in [0.29, 0.717) is 22.3 Å². The van der Waals surface area contributed by atoms with Gasteiger partial charge in [0.1, 0.15) is 5.75 Å². The smallest absolute Gasteiger partial charge is 0.230 e. The fraction of sp³-hybridized carbons (Fsp3) is 0.150. The standard InChI is InChI=1S/C20H17N3O2S3/c1-13(24)23(16-8-4-5-9-17(16)25-2)19-21-14(11-26-19)12-27-20-22-15-7-3-6-10-18(15)28-20/h3-11H,12H2,1-2H3. The summed E-state index contributed by atoms with van der Waals surface area (Å²) in [4.78, 5) is 23.2. The molecule has 2 aromatic heterocycles. The van der Waals surface area contributed by atoms with Gasteiger partial charge in [-0.15, -0.1) is 22.7 Å². The maximum Gasteiger partial charge on any atom is 0.230 e. The van der Waals surface area contributed by atoms with Gasteiger partial charge in [-0.1, -0.05) is 36.0 Å². The Labute approximate surface area is 175 Å². The van der Waals surface area contributed by atoms with E-state index in [-0.39, 0.29) is 5.91 Å². The molecule has 0 saturated carbocycles. The first kappa shape index (κ1) is 18.9. The molecule has 2 heterocycles. The van der Waals surface area contributed by atoms with Crippen LogP contribution in [0.1, 0.15) is 12.6 Å². The van der Waals surface area contributed by atoms with Gasteiger partial charge < -0.3 is 4.74 Å². The van der Waals surface area contributed by atoms with Crippen molar-refractivity contribution in [2.75, 3.05) is 12.0 Å². The van der Waals surface area contributed by atoms with Crippen molar-refractivity contribution in [3.8, 4) is 5.75 Å². The van der Waals surface area contributed by atoms with Crippen molar-refractivity contribution in [3.63, 3.8) is 0 Å². The highest BCUT2D eigenvalue weighted by Gasteiger charge is 2.21. The third-order valence-corrected chi connectivity index (χ3v) is 7.08. The molecule has 2 aromatic carbocycles. The van der Waals surface area contributed by atoms with Crippen LogP contribution in [0.2, 0.25) is 0 Å². The molecule has 142 valence electrons. The molecule has 0 saturated heterocycles. The summed E-state index contributed by atoms with van der Waals surface area (Å²) < 4.78 is 7.61. The number of methoxy groups -OCH3 is 1. The van der Waals surface area contributed by atoms with E-state index in [1.54, 1.807) is 35.1 Å². The number of benzene rings is 2. The fourth-order valence-corrected chi connectivity index (χ4v) is 5.68. The molecule has 5 nitrogen and oxygen atoms in total. The van der Waals surface area contributed by atoms with Gasteiger partial charge >= 0.3 is 0 Å². The highest BCUT2D eigenvalue weighted by molar-refractivity contribution is 8.00. The predicted molar refractivity (Wildman–Crippen MR) is 117 cm³/mol. The molecule has 0 N–H and O–H groups in total. The minimum absolute atomic E-state index is 0.107. The van der Waals surface area contributed by atoms with Crippen LogP contribution in [0.5, 0.6) is 5.75 Å². The average Bonchev–Trinajstić information content (AvgIpc) is 3.33. The summed E-state index contributed by atoms with van der Waals surface area (Å²) in [5, 5.41) is 2.62. The number of hydrogen-bond acceptors (Lipinski definition) is 7. The predicted octanol–water partition coefficient (Wildman–Crippen LogP) is 5.74. The van der Waals surface area contributed by atoms with Gasteiger partial charge in [-0.3, -0.25) is 9.69 Å². The van der Waals surface area contributed by atoms with Gasteiger partial charge in [0.25, 0.3) is 0 Å². The molecule has 0 fully saturated rings. The summed E-state index contributed by atoms with van der Waals surface area (Å²) in [6, 6.07) is 15.6. The van der Waals surface area contributed by atoms with E-state index in [1.807, 2.05) is 47.8 Å². The van der Waals surface area contributed by atoms with Gasteiger partial charge in [0.05, 0.1) is 28.7 Å². The monoisotopic (exact) mass is 427 g/mol. The lowest BCUT2D eigenvalue weighted by Gasteiger charge is -2.20. The van der Waals surface area contributed by atoms with E-state index in [1.165, 1.54) is 23.0 Å². The number of para-hydroxylation sites is 3. The largest absolute Gasteiger partial charge is 0.495 e. The molecule has 4 rings (SSSR count). The Balaban J connectivity index is 1.54. The zero-order valence-corrected chi connectivity index (χ0v) is 17.7. The van der Waals surface area contributed by atoms with Crippen molar-refractivity contribution in [1.82, 2.24) is 9.97 Å². The number of aromatic nitrogens is 2. The van der Waals surface area contributed by atoms with Gasteiger partial charge in [0.15, 0.2) is 9.47 Å². The van der Waals surface area contributed by atoms with Crippen molar-refractivity contribution >= 4 is 61.4 Å². The summed E-state index contributed by atoms with van der Waals surface area (Å²) in [7, 11) is 1.60. The number of carbonyl (C=O) groups is 1. The van der Waals surface area contributed by atoms with E-state index in [2.05, 4.69) is 16.0 Å². The van der Waals surface area contributed by atoms with E-state index in [9.17, 15) is 4.79 Å². The van der Waals surface area contributed by atoms with Crippen LogP contribution in [-0.2, 0) is 10.5 Å². The Morgan fingerprint density at radius 2 is 1.93 bits per heavy atom. The molecule has 0 radical (unpaired) electrons. The molecular formula is C20H17N3O2S3. The number of carbonyl (C=O) groups excluding carboxylic acids is 1. The van der Waals surface area contributed by atoms with Gasteiger partial charge in [-0.2, -0.15) is 0 Å².